The molecule has 0 aliphatic heterocycles. The van der Waals surface area contributed by atoms with Crippen LogP contribution in [0.3, 0.4) is 0 Å². The summed E-state index contributed by atoms with van der Waals surface area (Å²) in [6, 6.07) is 62.3. The zero-order valence-corrected chi connectivity index (χ0v) is 32.8. The Morgan fingerprint density at radius 1 is 0.354 bits per heavy atom. The minimum Gasteiger partial charge on any atom is -0.399 e. The van der Waals surface area contributed by atoms with E-state index in [1.807, 2.05) is 60.7 Å². The van der Waals surface area contributed by atoms with Gasteiger partial charge in [-0.15, -0.1) is 0 Å². The molecule has 7 aromatic rings. The van der Waals surface area contributed by atoms with Crippen molar-refractivity contribution in [1.29, 1.82) is 0 Å². The van der Waals surface area contributed by atoms with E-state index in [2.05, 4.69) is 197 Å². The van der Waals surface area contributed by atoms with Gasteiger partial charge in [-0.05, 0) is 142 Å². The highest BCUT2D eigenvalue weighted by atomic mass is 127. The van der Waals surface area contributed by atoms with E-state index < -0.39 is 0 Å². The lowest BCUT2D eigenvalue weighted by molar-refractivity contribution is 1.28. The fourth-order valence-electron chi connectivity index (χ4n) is 4.80. The SMILES string of the molecule is Brc1ccc(I)cc1.Brc1ccc(N(c2ccc(Br)cc2)c2ccc(-c3ccccc3)cc2)cc1.Nc1ccc(-c2ccccc2)cc1. The molecule has 0 unspecified atom stereocenters. The summed E-state index contributed by atoms with van der Waals surface area (Å²) in [5.41, 5.74) is 14.6. The predicted molar refractivity (Wildman–Crippen MR) is 225 cm³/mol. The molecule has 0 aliphatic rings. The van der Waals surface area contributed by atoms with Crippen molar-refractivity contribution in [2.24, 2.45) is 0 Å². The Kier molecular flexibility index (Phi) is 13.5. The quantitative estimate of drug-likeness (QED) is 0.138. The van der Waals surface area contributed by atoms with Gasteiger partial charge in [-0.25, -0.2) is 0 Å². The molecule has 0 aromatic heterocycles. The molecule has 0 bridgehead atoms. The highest BCUT2D eigenvalue weighted by Gasteiger charge is 2.12. The van der Waals surface area contributed by atoms with E-state index in [0.29, 0.717) is 0 Å². The second-order valence-electron chi connectivity index (χ2n) is 10.6. The molecule has 0 amide bonds. The highest BCUT2D eigenvalue weighted by molar-refractivity contribution is 14.1. The summed E-state index contributed by atoms with van der Waals surface area (Å²) < 4.78 is 4.55. The summed E-state index contributed by atoms with van der Waals surface area (Å²) in [7, 11) is 0. The van der Waals surface area contributed by atoms with Crippen molar-refractivity contribution in [3.8, 4) is 22.3 Å². The van der Waals surface area contributed by atoms with Crippen LogP contribution in [-0.4, -0.2) is 0 Å². The Morgan fingerprint density at radius 2 is 0.646 bits per heavy atom. The molecule has 2 nitrogen and oxygen atoms in total. The lowest BCUT2D eigenvalue weighted by Gasteiger charge is -2.25. The van der Waals surface area contributed by atoms with E-state index >= 15 is 0 Å². The lowest BCUT2D eigenvalue weighted by atomic mass is 10.0. The van der Waals surface area contributed by atoms with Crippen molar-refractivity contribution < 1.29 is 0 Å². The van der Waals surface area contributed by atoms with Crippen molar-refractivity contribution in [2.75, 3.05) is 10.6 Å². The molecule has 0 fully saturated rings. The molecule has 0 aliphatic carbocycles. The first kappa shape index (κ1) is 35.6. The van der Waals surface area contributed by atoms with Crippen molar-refractivity contribution in [1.82, 2.24) is 0 Å². The van der Waals surface area contributed by atoms with Crippen LogP contribution in [0.15, 0.2) is 195 Å². The number of anilines is 4. The summed E-state index contributed by atoms with van der Waals surface area (Å²) in [6.07, 6.45) is 0. The van der Waals surface area contributed by atoms with Gasteiger partial charge in [0.2, 0.25) is 0 Å². The molecule has 0 saturated heterocycles. The molecule has 238 valence electrons. The maximum absolute atomic E-state index is 5.60. The lowest BCUT2D eigenvalue weighted by Crippen LogP contribution is -2.09. The number of benzene rings is 7. The molecular formula is C42H32Br3IN2. The summed E-state index contributed by atoms with van der Waals surface area (Å²) in [5.74, 6) is 0. The first-order chi connectivity index (χ1) is 23.4. The van der Waals surface area contributed by atoms with Crippen molar-refractivity contribution in [3.63, 3.8) is 0 Å². The highest BCUT2D eigenvalue weighted by Crippen LogP contribution is 2.36. The zero-order chi connectivity index (χ0) is 33.7. The number of halogens is 4. The molecule has 2 N–H and O–H groups in total. The number of hydrogen-bond donors (Lipinski definition) is 1. The van der Waals surface area contributed by atoms with Gasteiger partial charge in [-0.3, -0.25) is 0 Å². The van der Waals surface area contributed by atoms with Gasteiger partial charge < -0.3 is 10.6 Å². The van der Waals surface area contributed by atoms with Crippen LogP contribution in [0.25, 0.3) is 22.3 Å². The molecule has 48 heavy (non-hydrogen) atoms. The standard InChI is InChI=1S/C24H17Br2N.C12H11N.C6H4BrI/c25-20-8-14-23(15-9-20)27(24-16-10-21(26)11-17-24)22-12-6-19(7-13-22)18-4-2-1-3-5-18;13-12-8-6-11(7-9-12)10-4-2-1-3-5-10;7-5-1-3-6(8)4-2-5/h1-17H;1-9H,13H2;1-4H. The Hall–Kier alpha value is -3.69. The average molecular weight is 931 g/mol. The third-order valence-electron chi connectivity index (χ3n) is 7.22. The minimum atomic E-state index is 0.805. The van der Waals surface area contributed by atoms with Gasteiger partial charge in [0.15, 0.2) is 0 Å². The smallest absolute Gasteiger partial charge is 0.0462 e. The molecule has 0 heterocycles. The van der Waals surface area contributed by atoms with Crippen LogP contribution in [-0.2, 0) is 0 Å². The van der Waals surface area contributed by atoms with Gasteiger partial charge in [0.1, 0.15) is 0 Å². The maximum atomic E-state index is 5.60. The molecule has 0 radical (unpaired) electrons. The Labute approximate surface area is 322 Å². The van der Waals surface area contributed by atoms with E-state index in [9.17, 15) is 0 Å². The number of rotatable bonds is 5. The molecule has 7 aromatic carbocycles. The molecule has 6 heteroatoms. The number of hydrogen-bond acceptors (Lipinski definition) is 2. The second kappa shape index (κ2) is 18.2. The van der Waals surface area contributed by atoms with Crippen LogP contribution >= 0.6 is 70.4 Å². The number of nitrogens with two attached hydrogens (primary N) is 1. The predicted octanol–water partition coefficient (Wildman–Crippen LogP) is 14.3. The first-order valence-corrected chi connectivity index (χ1v) is 18.6. The number of nitrogens with zero attached hydrogens (tertiary/aromatic N) is 1. The zero-order valence-electron chi connectivity index (χ0n) is 25.9. The van der Waals surface area contributed by atoms with E-state index in [1.165, 1.54) is 25.8 Å². The Balaban J connectivity index is 0.000000176. The van der Waals surface area contributed by atoms with Crippen molar-refractivity contribution >= 4 is 93.1 Å². The van der Waals surface area contributed by atoms with Crippen LogP contribution in [0.5, 0.6) is 0 Å². The van der Waals surface area contributed by atoms with E-state index in [4.69, 9.17) is 5.73 Å². The molecule has 0 atom stereocenters. The van der Waals surface area contributed by atoms with Gasteiger partial charge in [0.25, 0.3) is 0 Å². The van der Waals surface area contributed by atoms with Crippen LogP contribution in [0, 0.1) is 3.57 Å². The van der Waals surface area contributed by atoms with Crippen molar-refractivity contribution in [3.05, 3.63) is 199 Å². The van der Waals surface area contributed by atoms with Gasteiger partial charge in [-0.1, -0.05) is 133 Å². The monoisotopic (exact) mass is 928 g/mol. The largest absolute Gasteiger partial charge is 0.399 e. The van der Waals surface area contributed by atoms with Gasteiger partial charge in [-0.2, -0.15) is 0 Å². The fraction of sp³-hybridized carbons (Fsp3) is 0. The van der Waals surface area contributed by atoms with Crippen LogP contribution in [0.2, 0.25) is 0 Å². The molecule has 7 rings (SSSR count). The Morgan fingerprint density at radius 3 is 1.00 bits per heavy atom. The van der Waals surface area contributed by atoms with E-state index in [0.717, 1.165) is 36.2 Å². The fourth-order valence-corrected chi connectivity index (χ4v) is 5.95. The van der Waals surface area contributed by atoms with Crippen LogP contribution in [0.4, 0.5) is 22.7 Å². The van der Waals surface area contributed by atoms with Crippen LogP contribution in [0.1, 0.15) is 0 Å². The minimum absolute atomic E-state index is 0.805. The summed E-state index contributed by atoms with van der Waals surface area (Å²) in [5, 5.41) is 0. The van der Waals surface area contributed by atoms with Crippen molar-refractivity contribution in [2.45, 2.75) is 0 Å². The van der Waals surface area contributed by atoms with Gasteiger partial charge in [0.05, 0.1) is 0 Å². The molecule has 0 spiro atoms. The first-order valence-electron chi connectivity index (χ1n) is 15.1. The summed E-state index contributed by atoms with van der Waals surface area (Å²) >= 11 is 12.7. The van der Waals surface area contributed by atoms with E-state index in [1.54, 1.807) is 0 Å². The third-order valence-corrected chi connectivity index (χ3v) is 9.53. The second-order valence-corrected chi connectivity index (χ2v) is 14.6. The van der Waals surface area contributed by atoms with Gasteiger partial charge >= 0.3 is 0 Å². The van der Waals surface area contributed by atoms with Gasteiger partial charge in [0, 0.05) is 39.7 Å². The molecular weight excluding hydrogens is 899 g/mol. The Bertz CT molecular complexity index is 1900. The summed E-state index contributed by atoms with van der Waals surface area (Å²) in [4.78, 5) is 2.26. The number of nitrogen functional groups attached to an aromatic ring is 1. The normalized spacial score (nSPS) is 10.2. The maximum Gasteiger partial charge on any atom is 0.0462 e. The average Bonchev–Trinajstić information content (AvgIpc) is 3.13. The molecule has 0 saturated carbocycles. The third kappa shape index (κ3) is 10.7. The van der Waals surface area contributed by atoms with E-state index in [-0.39, 0.29) is 0 Å². The van der Waals surface area contributed by atoms with Crippen LogP contribution < -0.4 is 10.6 Å². The topological polar surface area (TPSA) is 29.3 Å². The summed E-state index contributed by atoms with van der Waals surface area (Å²) in [6.45, 7) is 0.